The van der Waals surface area contributed by atoms with Gasteiger partial charge in [0.1, 0.15) is 0 Å². The number of nitrogens with one attached hydrogen (secondary N) is 1. The maximum atomic E-state index is 11.2. The Hall–Kier alpha value is -1.84. The fraction of sp³-hybridized carbons (Fsp3) is 0.111. The van der Waals surface area contributed by atoms with E-state index in [1.807, 2.05) is 0 Å². The summed E-state index contributed by atoms with van der Waals surface area (Å²) in [6.07, 6.45) is 0. The van der Waals surface area contributed by atoms with Crippen molar-refractivity contribution in [1.82, 2.24) is 5.32 Å². The second kappa shape index (κ2) is 2.58. The molecule has 1 aliphatic rings. The van der Waals surface area contributed by atoms with Gasteiger partial charge in [-0.1, -0.05) is 18.2 Å². The summed E-state index contributed by atoms with van der Waals surface area (Å²) in [5.41, 5.74) is 0.995. The molecule has 0 aromatic heterocycles. The molecule has 0 radical (unpaired) electrons. The molecular weight excluding hydrogens is 170 g/mol. The van der Waals surface area contributed by atoms with Crippen molar-refractivity contribution in [3.8, 4) is 0 Å². The molecule has 1 aromatic rings. The van der Waals surface area contributed by atoms with E-state index in [4.69, 9.17) is 5.11 Å². The average molecular weight is 177 g/mol. The van der Waals surface area contributed by atoms with E-state index >= 15 is 0 Å². The predicted molar refractivity (Wildman–Crippen MR) is 44.3 cm³/mol. The van der Waals surface area contributed by atoms with Crippen molar-refractivity contribution in [3.63, 3.8) is 0 Å². The monoisotopic (exact) mass is 177 g/mol. The number of carboxylic acid groups (broad SMARTS) is 1. The van der Waals surface area contributed by atoms with E-state index in [0.717, 1.165) is 0 Å². The first kappa shape index (κ1) is 7.79. The van der Waals surface area contributed by atoms with Crippen LogP contribution >= 0.6 is 0 Å². The Morgan fingerprint density at radius 1 is 1.38 bits per heavy atom. The van der Waals surface area contributed by atoms with E-state index in [9.17, 15) is 9.59 Å². The first-order valence-electron chi connectivity index (χ1n) is 3.83. The molecule has 1 unspecified atom stereocenters. The second-order valence-electron chi connectivity index (χ2n) is 2.83. The van der Waals surface area contributed by atoms with Crippen molar-refractivity contribution in [2.45, 2.75) is 6.04 Å². The number of benzene rings is 1. The summed E-state index contributed by atoms with van der Waals surface area (Å²) < 4.78 is 0. The van der Waals surface area contributed by atoms with Crippen LogP contribution in [0, 0.1) is 0 Å². The van der Waals surface area contributed by atoms with Crippen LogP contribution < -0.4 is 5.32 Å². The Balaban J connectivity index is 2.53. The van der Waals surface area contributed by atoms with E-state index in [-0.39, 0.29) is 5.91 Å². The normalized spacial score (nSPS) is 19.4. The Morgan fingerprint density at radius 3 is 2.77 bits per heavy atom. The smallest absolute Gasteiger partial charge is 0.330 e. The van der Waals surface area contributed by atoms with E-state index in [1.54, 1.807) is 24.3 Å². The zero-order valence-corrected chi connectivity index (χ0v) is 6.65. The number of carboxylic acids is 1. The van der Waals surface area contributed by atoms with E-state index in [1.165, 1.54) is 0 Å². The van der Waals surface area contributed by atoms with Gasteiger partial charge in [0, 0.05) is 5.56 Å². The number of aliphatic carboxylic acids is 1. The number of fused-ring (bicyclic) bond motifs is 1. The lowest BCUT2D eigenvalue weighted by molar-refractivity contribution is -0.139. The molecule has 1 atom stereocenters. The van der Waals surface area contributed by atoms with Crippen LogP contribution in [0.25, 0.3) is 0 Å². The Morgan fingerprint density at radius 2 is 2.08 bits per heavy atom. The molecular formula is C9H7NO3. The minimum absolute atomic E-state index is 0.317. The molecule has 0 saturated heterocycles. The van der Waals surface area contributed by atoms with Gasteiger partial charge >= 0.3 is 5.97 Å². The summed E-state index contributed by atoms with van der Waals surface area (Å²) in [5.74, 6) is -1.35. The third-order valence-electron chi connectivity index (χ3n) is 2.04. The zero-order chi connectivity index (χ0) is 9.42. The van der Waals surface area contributed by atoms with Crippen molar-refractivity contribution >= 4 is 11.9 Å². The summed E-state index contributed by atoms with van der Waals surface area (Å²) >= 11 is 0. The molecule has 66 valence electrons. The molecule has 1 aliphatic heterocycles. The summed E-state index contributed by atoms with van der Waals surface area (Å²) in [4.78, 5) is 21.9. The molecule has 1 amide bonds. The highest BCUT2D eigenvalue weighted by Gasteiger charge is 2.32. The quantitative estimate of drug-likeness (QED) is 0.658. The standard InChI is InChI=1S/C9H7NO3/c11-8-6-4-2-1-3-5(6)7(10-8)9(12)13/h1-4,7H,(H,10,11)(H,12,13). The topological polar surface area (TPSA) is 66.4 Å². The second-order valence-corrected chi connectivity index (χ2v) is 2.83. The van der Waals surface area contributed by atoms with Crippen LogP contribution in [-0.4, -0.2) is 17.0 Å². The fourth-order valence-electron chi connectivity index (χ4n) is 1.44. The summed E-state index contributed by atoms with van der Waals surface area (Å²) in [7, 11) is 0. The van der Waals surface area contributed by atoms with Gasteiger partial charge in [0.2, 0.25) is 0 Å². The highest BCUT2D eigenvalue weighted by molar-refractivity contribution is 6.03. The third kappa shape index (κ3) is 1.07. The highest BCUT2D eigenvalue weighted by Crippen LogP contribution is 2.24. The van der Waals surface area contributed by atoms with Gasteiger partial charge in [-0.25, -0.2) is 4.79 Å². The molecule has 2 N–H and O–H groups in total. The van der Waals surface area contributed by atoms with Crippen LogP contribution in [0.4, 0.5) is 0 Å². The molecule has 4 nitrogen and oxygen atoms in total. The molecule has 0 fully saturated rings. The minimum Gasteiger partial charge on any atom is -0.479 e. The molecule has 13 heavy (non-hydrogen) atoms. The molecule has 2 rings (SSSR count). The highest BCUT2D eigenvalue weighted by atomic mass is 16.4. The number of hydrogen-bond acceptors (Lipinski definition) is 2. The van der Waals surface area contributed by atoms with Gasteiger partial charge in [0.15, 0.2) is 6.04 Å². The first-order valence-corrected chi connectivity index (χ1v) is 3.83. The molecule has 0 bridgehead atoms. The van der Waals surface area contributed by atoms with Crippen LogP contribution in [0.1, 0.15) is 22.0 Å². The number of carbonyl (C=O) groups excluding carboxylic acids is 1. The lowest BCUT2D eigenvalue weighted by atomic mass is 10.1. The number of hydrogen-bond donors (Lipinski definition) is 2. The van der Waals surface area contributed by atoms with Crippen LogP contribution in [0.5, 0.6) is 0 Å². The molecule has 1 heterocycles. The SMILES string of the molecule is O=C1NC(C(=O)O)c2ccccc21. The van der Waals surface area contributed by atoms with Gasteiger partial charge in [-0.3, -0.25) is 4.79 Å². The van der Waals surface area contributed by atoms with Crippen LogP contribution in [0.15, 0.2) is 24.3 Å². The van der Waals surface area contributed by atoms with Gasteiger partial charge in [0.25, 0.3) is 5.91 Å². The van der Waals surface area contributed by atoms with E-state index < -0.39 is 12.0 Å². The predicted octanol–water partition coefficient (Wildman–Crippen LogP) is 0.556. The maximum absolute atomic E-state index is 11.2. The van der Waals surface area contributed by atoms with E-state index in [0.29, 0.717) is 11.1 Å². The third-order valence-corrected chi connectivity index (χ3v) is 2.04. The largest absolute Gasteiger partial charge is 0.479 e. The van der Waals surface area contributed by atoms with Gasteiger partial charge in [0.05, 0.1) is 0 Å². The zero-order valence-electron chi connectivity index (χ0n) is 6.65. The van der Waals surface area contributed by atoms with E-state index in [2.05, 4.69) is 5.32 Å². The lowest BCUT2D eigenvalue weighted by Gasteiger charge is -2.03. The molecule has 0 spiro atoms. The van der Waals surface area contributed by atoms with Gasteiger partial charge in [-0.05, 0) is 11.6 Å². The average Bonchev–Trinajstić information content (AvgIpc) is 2.45. The summed E-state index contributed by atoms with van der Waals surface area (Å²) in [6, 6.07) is 5.81. The number of rotatable bonds is 1. The van der Waals surface area contributed by atoms with Crippen LogP contribution in [0.3, 0.4) is 0 Å². The number of carbonyl (C=O) groups is 2. The summed E-state index contributed by atoms with van der Waals surface area (Å²) in [6.45, 7) is 0. The number of amides is 1. The molecule has 0 aliphatic carbocycles. The van der Waals surface area contributed by atoms with Crippen LogP contribution in [0.2, 0.25) is 0 Å². The maximum Gasteiger partial charge on any atom is 0.330 e. The van der Waals surface area contributed by atoms with Crippen molar-refractivity contribution in [1.29, 1.82) is 0 Å². The minimum atomic E-state index is -1.03. The van der Waals surface area contributed by atoms with Crippen molar-refractivity contribution in [2.75, 3.05) is 0 Å². The van der Waals surface area contributed by atoms with Crippen LogP contribution in [-0.2, 0) is 4.79 Å². The fourth-order valence-corrected chi connectivity index (χ4v) is 1.44. The van der Waals surface area contributed by atoms with Crippen molar-refractivity contribution in [3.05, 3.63) is 35.4 Å². The Labute approximate surface area is 74.2 Å². The lowest BCUT2D eigenvalue weighted by Crippen LogP contribution is -2.25. The van der Waals surface area contributed by atoms with Gasteiger partial charge < -0.3 is 10.4 Å². The Bertz CT molecular complexity index is 386. The van der Waals surface area contributed by atoms with Crippen molar-refractivity contribution in [2.24, 2.45) is 0 Å². The van der Waals surface area contributed by atoms with Crippen molar-refractivity contribution < 1.29 is 14.7 Å². The first-order chi connectivity index (χ1) is 6.20. The summed E-state index contributed by atoms with van der Waals surface area (Å²) in [5, 5.41) is 11.1. The van der Waals surface area contributed by atoms with Gasteiger partial charge in [-0.2, -0.15) is 0 Å². The molecule has 4 heteroatoms. The Kier molecular flexibility index (Phi) is 1.55. The molecule has 0 saturated carbocycles. The van der Waals surface area contributed by atoms with Gasteiger partial charge in [-0.15, -0.1) is 0 Å². The molecule has 1 aromatic carbocycles.